The number of hydrogen-bond acceptors (Lipinski definition) is 4. The summed E-state index contributed by atoms with van der Waals surface area (Å²) in [6.45, 7) is 5.96. The highest BCUT2D eigenvalue weighted by atomic mass is 16.5. The van der Waals surface area contributed by atoms with E-state index in [9.17, 15) is 4.79 Å². The van der Waals surface area contributed by atoms with Crippen LogP contribution in [0.5, 0.6) is 0 Å². The molecule has 1 saturated heterocycles. The molecule has 1 fully saturated rings. The first kappa shape index (κ1) is 17.9. The predicted molar refractivity (Wildman–Crippen MR) is 92.2 cm³/mol. The maximum absolute atomic E-state index is 11.9. The molecule has 2 atom stereocenters. The second-order valence-electron chi connectivity index (χ2n) is 6.26. The van der Waals surface area contributed by atoms with Gasteiger partial charge in [-0.25, -0.2) is 0 Å². The number of piperidine rings is 1. The number of methoxy groups -OCH3 is 1. The molecule has 5 heteroatoms. The molecule has 2 unspecified atom stereocenters. The van der Waals surface area contributed by atoms with E-state index >= 15 is 0 Å². The summed E-state index contributed by atoms with van der Waals surface area (Å²) in [7, 11) is 1.66. The molecular formula is C18H29N3O2. The fraction of sp³-hybridized carbons (Fsp3) is 0.611. The summed E-state index contributed by atoms with van der Waals surface area (Å²) in [6, 6.07) is 11.3. The number of rotatable bonds is 8. The van der Waals surface area contributed by atoms with E-state index in [1.54, 1.807) is 7.11 Å². The third-order valence-corrected chi connectivity index (χ3v) is 4.38. The summed E-state index contributed by atoms with van der Waals surface area (Å²) in [6.07, 6.45) is 2.03. The first-order valence-electron chi connectivity index (χ1n) is 8.46. The highest BCUT2D eigenvalue weighted by Crippen LogP contribution is 2.19. The lowest BCUT2D eigenvalue weighted by Gasteiger charge is -2.38. The van der Waals surface area contributed by atoms with Gasteiger partial charge in [-0.2, -0.15) is 0 Å². The molecule has 1 aromatic rings. The van der Waals surface area contributed by atoms with Crippen molar-refractivity contribution in [2.45, 2.75) is 38.4 Å². The summed E-state index contributed by atoms with van der Waals surface area (Å²) in [5, 5.41) is 6.22. The van der Waals surface area contributed by atoms with Crippen LogP contribution in [0.25, 0.3) is 0 Å². The zero-order valence-corrected chi connectivity index (χ0v) is 14.3. The van der Waals surface area contributed by atoms with Crippen LogP contribution in [-0.2, 0) is 16.1 Å². The molecule has 1 heterocycles. The number of hydrogen-bond donors (Lipinski definition) is 2. The van der Waals surface area contributed by atoms with Crippen LogP contribution in [0.15, 0.2) is 30.3 Å². The summed E-state index contributed by atoms with van der Waals surface area (Å²) in [5.41, 5.74) is 1.35. The number of carbonyl (C=O) groups excluding carboxylic acids is 1. The molecule has 5 nitrogen and oxygen atoms in total. The second-order valence-corrected chi connectivity index (χ2v) is 6.26. The molecule has 1 aromatic carbocycles. The van der Waals surface area contributed by atoms with Crippen molar-refractivity contribution in [2.75, 3.05) is 33.4 Å². The second kappa shape index (κ2) is 9.65. The Kier molecular flexibility index (Phi) is 7.52. The van der Waals surface area contributed by atoms with Crippen molar-refractivity contribution in [3.05, 3.63) is 35.9 Å². The quantitative estimate of drug-likeness (QED) is 0.711. The van der Waals surface area contributed by atoms with Crippen molar-refractivity contribution in [1.29, 1.82) is 0 Å². The topological polar surface area (TPSA) is 53.6 Å². The van der Waals surface area contributed by atoms with Crippen molar-refractivity contribution < 1.29 is 9.53 Å². The Labute approximate surface area is 139 Å². The lowest BCUT2D eigenvalue weighted by atomic mass is 9.97. The van der Waals surface area contributed by atoms with Gasteiger partial charge in [-0.1, -0.05) is 30.3 Å². The summed E-state index contributed by atoms with van der Waals surface area (Å²) in [5.74, 6) is 0.0785. The Morgan fingerprint density at radius 2 is 2.13 bits per heavy atom. The number of likely N-dealkylation sites (tertiary alicyclic amines) is 1. The average molecular weight is 319 g/mol. The monoisotopic (exact) mass is 319 g/mol. The Balaban J connectivity index is 1.70. The van der Waals surface area contributed by atoms with Gasteiger partial charge in [0.25, 0.3) is 0 Å². The van der Waals surface area contributed by atoms with E-state index in [4.69, 9.17) is 4.74 Å². The van der Waals surface area contributed by atoms with Gasteiger partial charge >= 0.3 is 0 Å². The number of carbonyl (C=O) groups is 1. The van der Waals surface area contributed by atoms with Gasteiger partial charge in [-0.15, -0.1) is 0 Å². The van der Waals surface area contributed by atoms with Crippen molar-refractivity contribution in [1.82, 2.24) is 15.5 Å². The van der Waals surface area contributed by atoms with E-state index in [1.807, 2.05) is 0 Å². The number of nitrogens with one attached hydrogen (secondary N) is 2. The van der Waals surface area contributed by atoms with E-state index in [0.717, 1.165) is 25.9 Å². The lowest BCUT2D eigenvalue weighted by Crippen LogP contribution is -2.50. The molecular weight excluding hydrogens is 290 g/mol. The van der Waals surface area contributed by atoms with Gasteiger partial charge in [0.15, 0.2) is 0 Å². The third-order valence-electron chi connectivity index (χ3n) is 4.38. The SMILES string of the molecule is COCCNCC(=O)NC1CCN(Cc2ccccc2)C(C)C1. The Morgan fingerprint density at radius 1 is 1.35 bits per heavy atom. The normalized spacial score (nSPS) is 22.0. The van der Waals surface area contributed by atoms with Crippen molar-refractivity contribution in [3.8, 4) is 0 Å². The van der Waals surface area contributed by atoms with Crippen LogP contribution in [-0.4, -0.2) is 56.2 Å². The molecule has 0 spiro atoms. The minimum absolute atomic E-state index is 0.0785. The van der Waals surface area contributed by atoms with Crippen LogP contribution in [0, 0.1) is 0 Å². The van der Waals surface area contributed by atoms with Crippen molar-refractivity contribution in [3.63, 3.8) is 0 Å². The molecule has 0 aliphatic carbocycles. The molecule has 0 radical (unpaired) electrons. The highest BCUT2D eigenvalue weighted by molar-refractivity contribution is 5.78. The van der Waals surface area contributed by atoms with Gasteiger partial charge < -0.3 is 15.4 Å². The van der Waals surface area contributed by atoms with Gasteiger partial charge in [0, 0.05) is 38.8 Å². The van der Waals surface area contributed by atoms with E-state index in [2.05, 4.69) is 52.8 Å². The molecule has 128 valence electrons. The van der Waals surface area contributed by atoms with Crippen LogP contribution in [0.1, 0.15) is 25.3 Å². The van der Waals surface area contributed by atoms with E-state index in [1.165, 1.54) is 5.56 Å². The highest BCUT2D eigenvalue weighted by Gasteiger charge is 2.26. The first-order chi connectivity index (χ1) is 11.2. The minimum Gasteiger partial charge on any atom is -0.383 e. The van der Waals surface area contributed by atoms with Crippen molar-refractivity contribution >= 4 is 5.91 Å². The molecule has 0 saturated carbocycles. The van der Waals surface area contributed by atoms with Gasteiger partial charge in [0.05, 0.1) is 13.2 Å². The van der Waals surface area contributed by atoms with Crippen molar-refractivity contribution in [2.24, 2.45) is 0 Å². The first-order valence-corrected chi connectivity index (χ1v) is 8.46. The summed E-state index contributed by atoms with van der Waals surface area (Å²) >= 11 is 0. The fourth-order valence-corrected chi connectivity index (χ4v) is 3.06. The standard InChI is InChI=1S/C18H29N3O2/c1-15-12-17(20-18(22)13-19-9-11-23-2)8-10-21(15)14-16-6-4-3-5-7-16/h3-7,15,17,19H,8-14H2,1-2H3,(H,20,22). The van der Waals surface area contributed by atoms with E-state index in [-0.39, 0.29) is 11.9 Å². The molecule has 2 rings (SSSR count). The number of amides is 1. The Morgan fingerprint density at radius 3 is 2.83 bits per heavy atom. The maximum atomic E-state index is 11.9. The van der Waals surface area contributed by atoms with Gasteiger partial charge in [-0.05, 0) is 25.3 Å². The number of benzene rings is 1. The van der Waals surface area contributed by atoms with Crippen LogP contribution in [0.3, 0.4) is 0 Å². The molecule has 2 N–H and O–H groups in total. The Bertz CT molecular complexity index is 467. The lowest BCUT2D eigenvalue weighted by molar-refractivity contribution is -0.121. The molecule has 1 amide bonds. The molecule has 1 aliphatic heterocycles. The van der Waals surface area contributed by atoms with E-state index in [0.29, 0.717) is 25.7 Å². The van der Waals surface area contributed by atoms with Gasteiger partial charge in [0.2, 0.25) is 5.91 Å². The number of ether oxygens (including phenoxy) is 1. The van der Waals surface area contributed by atoms with Gasteiger partial charge in [-0.3, -0.25) is 9.69 Å². The molecule has 23 heavy (non-hydrogen) atoms. The summed E-state index contributed by atoms with van der Waals surface area (Å²) in [4.78, 5) is 14.4. The predicted octanol–water partition coefficient (Wildman–Crippen LogP) is 1.39. The van der Waals surface area contributed by atoms with Crippen LogP contribution < -0.4 is 10.6 Å². The minimum atomic E-state index is 0.0785. The smallest absolute Gasteiger partial charge is 0.234 e. The number of nitrogens with zero attached hydrogens (tertiary/aromatic N) is 1. The zero-order valence-electron chi connectivity index (χ0n) is 14.3. The van der Waals surface area contributed by atoms with Crippen LogP contribution in [0.4, 0.5) is 0 Å². The average Bonchev–Trinajstić information content (AvgIpc) is 2.55. The molecule has 0 bridgehead atoms. The van der Waals surface area contributed by atoms with Gasteiger partial charge in [0.1, 0.15) is 0 Å². The summed E-state index contributed by atoms with van der Waals surface area (Å²) < 4.78 is 4.95. The molecule has 1 aliphatic rings. The van der Waals surface area contributed by atoms with E-state index < -0.39 is 0 Å². The zero-order chi connectivity index (χ0) is 16.5. The maximum Gasteiger partial charge on any atom is 0.234 e. The largest absolute Gasteiger partial charge is 0.383 e. The van der Waals surface area contributed by atoms with Crippen LogP contribution in [0.2, 0.25) is 0 Å². The molecule has 0 aromatic heterocycles. The fourth-order valence-electron chi connectivity index (χ4n) is 3.06. The Hall–Kier alpha value is -1.43. The van der Waals surface area contributed by atoms with Crippen LogP contribution >= 0.6 is 0 Å². The third kappa shape index (κ3) is 6.29.